The third kappa shape index (κ3) is 5.33. The van der Waals surface area contributed by atoms with Gasteiger partial charge in [0, 0.05) is 12.8 Å². The number of benzene rings is 1. The molecule has 2 rings (SSSR count). The molecule has 0 aliphatic heterocycles. The molecule has 1 aliphatic carbocycles. The molecule has 7 heteroatoms. The number of hydrogen-bond acceptors (Lipinski definition) is 4. The summed E-state index contributed by atoms with van der Waals surface area (Å²) < 4.78 is 24.3. The molecule has 0 unspecified atom stereocenters. The molecule has 132 valence electrons. The van der Waals surface area contributed by atoms with Crippen molar-refractivity contribution in [3.63, 3.8) is 0 Å². The van der Waals surface area contributed by atoms with Gasteiger partial charge in [-0.3, -0.25) is 4.79 Å². The topological polar surface area (TPSA) is 101 Å². The van der Waals surface area contributed by atoms with Crippen molar-refractivity contribution in [3.05, 3.63) is 35.9 Å². The smallest absolute Gasteiger partial charge is 0.326 e. The molecule has 0 saturated heterocycles. The van der Waals surface area contributed by atoms with Crippen LogP contribution in [0.2, 0.25) is 0 Å². The standard InChI is InChI=1S/C17H23NO5S/c19-16(10-11-24(22,23)14-8-4-5-9-14)18-15(17(20)21)12-13-6-2-1-3-7-13/h1-3,6-7,14-15H,4-5,8-12H2,(H,18,19)(H,20,21)/t15-/m0/s1. The highest BCUT2D eigenvalue weighted by Gasteiger charge is 2.29. The molecule has 6 nitrogen and oxygen atoms in total. The number of rotatable bonds is 8. The van der Waals surface area contributed by atoms with Gasteiger partial charge in [0.15, 0.2) is 9.84 Å². The highest BCUT2D eigenvalue weighted by molar-refractivity contribution is 7.92. The van der Waals surface area contributed by atoms with Crippen molar-refractivity contribution in [3.8, 4) is 0 Å². The number of carboxylic acid groups (broad SMARTS) is 1. The lowest BCUT2D eigenvalue weighted by Crippen LogP contribution is -2.43. The Morgan fingerprint density at radius 1 is 1.17 bits per heavy atom. The van der Waals surface area contributed by atoms with Crippen molar-refractivity contribution in [2.75, 3.05) is 5.75 Å². The minimum absolute atomic E-state index is 0.164. The molecule has 24 heavy (non-hydrogen) atoms. The summed E-state index contributed by atoms with van der Waals surface area (Å²) in [6, 6.07) is 7.92. The van der Waals surface area contributed by atoms with Gasteiger partial charge in [-0.1, -0.05) is 43.2 Å². The Morgan fingerprint density at radius 3 is 2.38 bits per heavy atom. The van der Waals surface area contributed by atoms with E-state index in [1.54, 1.807) is 24.3 Å². The van der Waals surface area contributed by atoms with Crippen molar-refractivity contribution in [2.45, 2.75) is 49.8 Å². The van der Waals surface area contributed by atoms with Gasteiger partial charge >= 0.3 is 5.97 Å². The summed E-state index contributed by atoms with van der Waals surface area (Å²) in [6.45, 7) is 0. The van der Waals surface area contributed by atoms with Crippen molar-refractivity contribution in [2.24, 2.45) is 0 Å². The molecule has 1 saturated carbocycles. The second kappa shape index (κ2) is 8.28. The number of amides is 1. The first kappa shape index (κ1) is 18.4. The van der Waals surface area contributed by atoms with E-state index >= 15 is 0 Å². The SMILES string of the molecule is O=C(CCS(=O)(=O)C1CCCC1)N[C@@H](Cc1ccccc1)C(=O)O. The van der Waals surface area contributed by atoms with E-state index in [0.29, 0.717) is 12.8 Å². The molecule has 1 aliphatic rings. The lowest BCUT2D eigenvalue weighted by molar-refractivity contribution is -0.141. The van der Waals surface area contributed by atoms with E-state index in [2.05, 4.69) is 5.32 Å². The molecule has 0 heterocycles. The van der Waals surface area contributed by atoms with E-state index in [9.17, 15) is 23.1 Å². The first-order chi connectivity index (χ1) is 11.4. The van der Waals surface area contributed by atoms with Crippen molar-refractivity contribution in [1.82, 2.24) is 5.32 Å². The summed E-state index contributed by atoms with van der Waals surface area (Å²) in [5.74, 6) is -1.90. The van der Waals surface area contributed by atoms with Gasteiger partial charge in [0.2, 0.25) is 5.91 Å². The number of nitrogens with one attached hydrogen (secondary N) is 1. The molecule has 0 aromatic heterocycles. The van der Waals surface area contributed by atoms with Gasteiger partial charge in [-0.25, -0.2) is 13.2 Å². The van der Waals surface area contributed by atoms with Gasteiger partial charge in [0.25, 0.3) is 0 Å². The number of sulfone groups is 1. The maximum absolute atomic E-state index is 12.2. The van der Waals surface area contributed by atoms with Crippen LogP contribution in [-0.2, 0) is 25.8 Å². The highest BCUT2D eigenvalue weighted by atomic mass is 32.2. The molecule has 1 amide bonds. The lowest BCUT2D eigenvalue weighted by Gasteiger charge is -2.15. The first-order valence-corrected chi connectivity index (χ1v) is 9.87. The van der Waals surface area contributed by atoms with Gasteiger partial charge in [-0.05, 0) is 18.4 Å². The predicted octanol–water partition coefficient (Wildman–Crippen LogP) is 1.55. The van der Waals surface area contributed by atoms with Gasteiger partial charge < -0.3 is 10.4 Å². The van der Waals surface area contributed by atoms with Crippen LogP contribution in [0, 0.1) is 0 Å². The van der Waals surface area contributed by atoms with E-state index in [0.717, 1.165) is 18.4 Å². The zero-order valence-corrected chi connectivity index (χ0v) is 14.3. The monoisotopic (exact) mass is 353 g/mol. The van der Waals surface area contributed by atoms with Crippen LogP contribution in [0.15, 0.2) is 30.3 Å². The molecule has 0 bridgehead atoms. The zero-order valence-electron chi connectivity index (χ0n) is 13.5. The molecular formula is C17H23NO5S. The summed E-state index contributed by atoms with van der Waals surface area (Å²) in [6.07, 6.45) is 3.11. The Labute approximate surface area is 142 Å². The minimum Gasteiger partial charge on any atom is -0.480 e. The minimum atomic E-state index is -3.28. The van der Waals surface area contributed by atoms with Gasteiger partial charge in [-0.2, -0.15) is 0 Å². The second-order valence-corrected chi connectivity index (χ2v) is 8.57. The Hall–Kier alpha value is -1.89. The van der Waals surface area contributed by atoms with Crippen LogP contribution in [0.25, 0.3) is 0 Å². The van der Waals surface area contributed by atoms with Crippen LogP contribution < -0.4 is 5.32 Å². The number of carbonyl (C=O) groups is 2. The summed E-state index contributed by atoms with van der Waals surface area (Å²) >= 11 is 0. The molecule has 2 N–H and O–H groups in total. The van der Waals surface area contributed by atoms with Crippen molar-refractivity contribution in [1.29, 1.82) is 0 Å². The fraction of sp³-hybridized carbons (Fsp3) is 0.529. The Bertz CT molecular complexity index is 665. The predicted molar refractivity (Wildman–Crippen MR) is 90.4 cm³/mol. The number of carboxylic acids is 1. The normalized spacial score (nSPS) is 16.7. The number of hydrogen-bond donors (Lipinski definition) is 2. The van der Waals surface area contributed by atoms with E-state index in [4.69, 9.17) is 0 Å². The van der Waals surface area contributed by atoms with Crippen molar-refractivity contribution >= 4 is 21.7 Å². The summed E-state index contributed by atoms with van der Waals surface area (Å²) in [7, 11) is -3.28. The Morgan fingerprint density at radius 2 is 1.79 bits per heavy atom. The molecule has 0 radical (unpaired) electrons. The molecule has 1 aromatic carbocycles. The van der Waals surface area contributed by atoms with Gasteiger partial charge in [0.1, 0.15) is 6.04 Å². The van der Waals surface area contributed by atoms with Crippen LogP contribution >= 0.6 is 0 Å². The van der Waals surface area contributed by atoms with Crippen molar-refractivity contribution < 1.29 is 23.1 Å². The van der Waals surface area contributed by atoms with Gasteiger partial charge in [-0.15, -0.1) is 0 Å². The molecule has 1 fully saturated rings. The quantitative estimate of drug-likeness (QED) is 0.738. The maximum atomic E-state index is 12.2. The zero-order chi connectivity index (χ0) is 17.6. The summed E-state index contributed by atoms with van der Waals surface area (Å²) in [5, 5.41) is 11.3. The van der Waals surface area contributed by atoms with E-state index in [1.165, 1.54) is 0 Å². The van der Waals surface area contributed by atoms with Crippen LogP contribution in [0.5, 0.6) is 0 Å². The summed E-state index contributed by atoms with van der Waals surface area (Å²) in [5.41, 5.74) is 0.795. The van der Waals surface area contributed by atoms with E-state index < -0.39 is 27.8 Å². The number of aliphatic carboxylic acids is 1. The average molecular weight is 353 g/mol. The number of carbonyl (C=O) groups excluding carboxylic acids is 1. The average Bonchev–Trinajstić information content (AvgIpc) is 3.09. The lowest BCUT2D eigenvalue weighted by atomic mass is 10.1. The highest BCUT2D eigenvalue weighted by Crippen LogP contribution is 2.25. The Kier molecular flexibility index (Phi) is 6.36. The molecular weight excluding hydrogens is 330 g/mol. The van der Waals surface area contributed by atoms with Crippen LogP contribution in [0.3, 0.4) is 0 Å². The maximum Gasteiger partial charge on any atom is 0.326 e. The van der Waals surface area contributed by atoms with E-state index in [1.807, 2.05) is 6.07 Å². The van der Waals surface area contributed by atoms with Gasteiger partial charge in [0.05, 0.1) is 11.0 Å². The second-order valence-electron chi connectivity index (χ2n) is 6.17. The fourth-order valence-corrected chi connectivity index (χ4v) is 4.82. The molecule has 1 atom stereocenters. The van der Waals surface area contributed by atoms with Crippen LogP contribution in [0.1, 0.15) is 37.7 Å². The summed E-state index contributed by atoms with van der Waals surface area (Å²) in [4.78, 5) is 23.3. The third-order valence-electron chi connectivity index (χ3n) is 4.34. The molecule has 1 aromatic rings. The van der Waals surface area contributed by atoms with Crippen LogP contribution in [0.4, 0.5) is 0 Å². The van der Waals surface area contributed by atoms with Crippen LogP contribution in [-0.4, -0.2) is 42.4 Å². The van der Waals surface area contributed by atoms with E-state index in [-0.39, 0.29) is 23.8 Å². The third-order valence-corrected chi connectivity index (χ3v) is 6.60. The largest absolute Gasteiger partial charge is 0.480 e. The fourth-order valence-electron chi connectivity index (χ4n) is 2.97. The Balaban J connectivity index is 1.87. The first-order valence-electron chi connectivity index (χ1n) is 8.16. The molecule has 0 spiro atoms.